The second kappa shape index (κ2) is 4.42. The summed E-state index contributed by atoms with van der Waals surface area (Å²) in [7, 11) is 0. The van der Waals surface area contributed by atoms with Gasteiger partial charge in [0.25, 0.3) is 5.91 Å². The minimum atomic E-state index is -0.0534. The van der Waals surface area contributed by atoms with Gasteiger partial charge in [-0.15, -0.1) is 0 Å². The van der Waals surface area contributed by atoms with Crippen molar-refractivity contribution in [3.63, 3.8) is 0 Å². The van der Waals surface area contributed by atoms with Crippen molar-refractivity contribution in [1.29, 1.82) is 0 Å². The lowest BCUT2D eigenvalue weighted by Crippen LogP contribution is -2.33. The molecule has 1 aromatic heterocycles. The summed E-state index contributed by atoms with van der Waals surface area (Å²) in [5, 5.41) is 0.347. The van der Waals surface area contributed by atoms with E-state index in [0.717, 1.165) is 13.1 Å². The number of carbonyl (C=O) groups excluding carboxylic acids is 1. The normalized spacial score (nSPS) is 26.8. The molecule has 0 aromatic carbocycles. The lowest BCUT2D eigenvalue weighted by Gasteiger charge is -2.22. The topological polar surface area (TPSA) is 46.1 Å². The number of fused-ring (bicyclic) bond motifs is 1. The van der Waals surface area contributed by atoms with Crippen molar-refractivity contribution in [2.75, 3.05) is 13.1 Å². The summed E-state index contributed by atoms with van der Waals surface area (Å²) in [6, 6.07) is 0. The van der Waals surface area contributed by atoms with Crippen molar-refractivity contribution in [2.24, 2.45) is 17.3 Å². The van der Waals surface area contributed by atoms with Gasteiger partial charge in [-0.25, -0.2) is 9.97 Å². The van der Waals surface area contributed by atoms with Gasteiger partial charge in [-0.05, 0) is 17.3 Å². The highest BCUT2D eigenvalue weighted by atomic mass is 35.5. The van der Waals surface area contributed by atoms with Gasteiger partial charge in [0.05, 0.1) is 11.2 Å². The van der Waals surface area contributed by atoms with Gasteiger partial charge in [0.15, 0.2) is 5.69 Å². The number of carbonyl (C=O) groups is 1. The molecular weight excluding hydrogens is 274 g/mol. The Morgan fingerprint density at radius 1 is 1.40 bits per heavy atom. The van der Waals surface area contributed by atoms with Gasteiger partial charge in [-0.1, -0.05) is 39.3 Å². The maximum atomic E-state index is 12.6. The van der Waals surface area contributed by atoms with Crippen molar-refractivity contribution in [2.45, 2.75) is 33.6 Å². The summed E-state index contributed by atoms with van der Waals surface area (Å²) in [6.45, 7) is 10.2. The number of aromatic nitrogens is 2. The highest BCUT2D eigenvalue weighted by Crippen LogP contribution is 2.62. The van der Waals surface area contributed by atoms with Crippen LogP contribution in [0.4, 0.5) is 0 Å². The zero-order chi connectivity index (χ0) is 14.7. The van der Waals surface area contributed by atoms with E-state index in [1.54, 1.807) is 0 Å². The van der Waals surface area contributed by atoms with Crippen LogP contribution in [0.25, 0.3) is 0 Å². The molecule has 2 fully saturated rings. The summed E-state index contributed by atoms with van der Waals surface area (Å²) in [5.41, 5.74) is 0.750. The summed E-state index contributed by atoms with van der Waals surface area (Å²) >= 11 is 6.11. The molecule has 108 valence electrons. The zero-order valence-electron chi connectivity index (χ0n) is 12.4. The predicted octanol–water partition coefficient (Wildman–Crippen LogP) is 2.98. The molecule has 1 amide bonds. The van der Waals surface area contributed by atoms with Gasteiger partial charge < -0.3 is 4.90 Å². The predicted molar refractivity (Wildman–Crippen MR) is 77.8 cm³/mol. The third kappa shape index (κ3) is 2.01. The van der Waals surface area contributed by atoms with Crippen molar-refractivity contribution in [3.05, 3.63) is 22.7 Å². The van der Waals surface area contributed by atoms with E-state index in [-0.39, 0.29) is 11.8 Å². The number of halogens is 1. The van der Waals surface area contributed by atoms with Crippen LogP contribution in [-0.2, 0) is 0 Å². The minimum Gasteiger partial charge on any atom is -0.337 e. The third-order valence-corrected chi connectivity index (χ3v) is 5.17. The van der Waals surface area contributed by atoms with Gasteiger partial charge in [0.2, 0.25) is 0 Å². The number of hydrogen-bond donors (Lipinski definition) is 0. The molecule has 1 aliphatic heterocycles. The fraction of sp³-hybridized carbons (Fsp3) is 0.667. The molecule has 2 heterocycles. The van der Waals surface area contributed by atoms with E-state index in [2.05, 4.69) is 23.8 Å². The molecule has 2 atom stereocenters. The quantitative estimate of drug-likeness (QED) is 0.842. The van der Waals surface area contributed by atoms with E-state index in [1.807, 2.05) is 18.7 Å². The maximum absolute atomic E-state index is 12.6. The molecule has 4 nitrogen and oxygen atoms in total. The van der Waals surface area contributed by atoms with E-state index in [9.17, 15) is 4.79 Å². The molecule has 5 heteroatoms. The van der Waals surface area contributed by atoms with Crippen LogP contribution in [0.1, 0.15) is 49.9 Å². The van der Waals surface area contributed by atoms with Gasteiger partial charge >= 0.3 is 0 Å². The van der Waals surface area contributed by atoms with E-state index >= 15 is 0 Å². The molecule has 1 saturated heterocycles. The Morgan fingerprint density at radius 3 is 2.55 bits per heavy atom. The Balaban J connectivity index is 1.80. The van der Waals surface area contributed by atoms with Gasteiger partial charge in [0.1, 0.15) is 5.82 Å². The highest BCUT2D eigenvalue weighted by Gasteiger charge is 2.62. The first-order valence-electron chi connectivity index (χ1n) is 7.14. The van der Waals surface area contributed by atoms with Crippen LogP contribution in [0.5, 0.6) is 0 Å². The average Bonchev–Trinajstić information content (AvgIpc) is 2.80. The average molecular weight is 294 g/mol. The lowest BCUT2D eigenvalue weighted by atomic mass is 10.1. The van der Waals surface area contributed by atoms with Crippen molar-refractivity contribution in [3.8, 4) is 0 Å². The zero-order valence-corrected chi connectivity index (χ0v) is 13.1. The number of hydrogen-bond acceptors (Lipinski definition) is 3. The second-order valence-electron chi connectivity index (χ2n) is 6.82. The van der Waals surface area contributed by atoms with Crippen molar-refractivity contribution in [1.82, 2.24) is 14.9 Å². The van der Waals surface area contributed by atoms with E-state index in [1.165, 1.54) is 6.20 Å². The van der Waals surface area contributed by atoms with Crippen molar-refractivity contribution < 1.29 is 4.79 Å². The first kappa shape index (κ1) is 13.8. The third-order valence-electron chi connectivity index (χ3n) is 4.89. The van der Waals surface area contributed by atoms with Crippen LogP contribution in [0.2, 0.25) is 5.02 Å². The molecule has 2 unspecified atom stereocenters. The molecule has 1 aromatic rings. The Bertz CT molecular complexity index is 556. The molecule has 0 radical (unpaired) electrons. The fourth-order valence-electron chi connectivity index (χ4n) is 3.26. The van der Waals surface area contributed by atoms with Gasteiger partial charge in [-0.2, -0.15) is 0 Å². The van der Waals surface area contributed by atoms with E-state index in [4.69, 9.17) is 11.6 Å². The molecule has 0 bridgehead atoms. The van der Waals surface area contributed by atoms with E-state index < -0.39 is 0 Å². The largest absolute Gasteiger partial charge is 0.337 e. The van der Waals surface area contributed by atoms with Crippen LogP contribution in [0.15, 0.2) is 6.20 Å². The molecule has 1 saturated carbocycles. The highest BCUT2D eigenvalue weighted by molar-refractivity contribution is 6.33. The summed E-state index contributed by atoms with van der Waals surface area (Å²) in [6.07, 6.45) is 1.54. The first-order chi connectivity index (χ1) is 9.32. The Hall–Kier alpha value is -1.16. The smallest absolute Gasteiger partial charge is 0.274 e. The lowest BCUT2D eigenvalue weighted by molar-refractivity contribution is 0.0752. The number of rotatable bonds is 2. The van der Waals surface area contributed by atoms with Gasteiger partial charge in [0, 0.05) is 19.0 Å². The van der Waals surface area contributed by atoms with Crippen LogP contribution < -0.4 is 0 Å². The van der Waals surface area contributed by atoms with Crippen LogP contribution in [-0.4, -0.2) is 33.9 Å². The molecule has 2 aliphatic rings. The van der Waals surface area contributed by atoms with Crippen LogP contribution in [0.3, 0.4) is 0 Å². The van der Waals surface area contributed by atoms with Crippen LogP contribution in [0, 0.1) is 17.3 Å². The van der Waals surface area contributed by atoms with Crippen molar-refractivity contribution >= 4 is 17.5 Å². The summed E-state index contributed by atoms with van der Waals surface area (Å²) in [5.74, 6) is 2.07. The van der Waals surface area contributed by atoms with Gasteiger partial charge in [-0.3, -0.25) is 4.79 Å². The summed E-state index contributed by atoms with van der Waals surface area (Å²) < 4.78 is 0. The molecule has 20 heavy (non-hydrogen) atoms. The van der Waals surface area contributed by atoms with Crippen LogP contribution >= 0.6 is 11.6 Å². The fourth-order valence-corrected chi connectivity index (χ4v) is 3.43. The number of likely N-dealkylation sites (tertiary alicyclic amines) is 1. The number of nitrogens with zero attached hydrogens (tertiary/aromatic N) is 3. The Labute approximate surface area is 124 Å². The minimum absolute atomic E-state index is 0.0534. The molecule has 0 spiro atoms. The molecular formula is C15H20ClN3O. The first-order valence-corrected chi connectivity index (χ1v) is 7.52. The SMILES string of the molecule is CC(C)c1ncc(Cl)c(C(=O)N2CC3C(C2)C3(C)C)n1. The Morgan fingerprint density at radius 2 is 2.00 bits per heavy atom. The second-order valence-corrected chi connectivity index (χ2v) is 7.23. The standard InChI is InChI=1S/C15H20ClN3O/c1-8(2)13-17-5-11(16)12(18-13)14(20)19-6-9-10(7-19)15(9,3)4/h5,8-10H,6-7H2,1-4H3. The number of piperidine rings is 1. The monoisotopic (exact) mass is 293 g/mol. The molecule has 3 rings (SSSR count). The maximum Gasteiger partial charge on any atom is 0.274 e. The number of amides is 1. The van der Waals surface area contributed by atoms with E-state index in [0.29, 0.717) is 33.8 Å². The molecule has 0 N–H and O–H groups in total. The molecule has 1 aliphatic carbocycles. The Kier molecular flexibility index (Phi) is 3.05. The summed E-state index contributed by atoms with van der Waals surface area (Å²) in [4.78, 5) is 23.0.